The summed E-state index contributed by atoms with van der Waals surface area (Å²) < 4.78 is 32.9. The molecule has 0 bridgehead atoms. The molecule has 0 saturated carbocycles. The predicted octanol–water partition coefficient (Wildman–Crippen LogP) is 3.72. The monoisotopic (exact) mass is 505 g/mol. The minimum atomic E-state index is -3.52. The lowest BCUT2D eigenvalue weighted by Crippen LogP contribution is -2.49. The Bertz CT molecular complexity index is 1140. The molecule has 34 heavy (non-hydrogen) atoms. The van der Waals surface area contributed by atoms with Crippen molar-refractivity contribution in [2.45, 2.75) is 37.5 Å². The number of carbonyl (C=O) groups excluding carboxylic acids is 1. The van der Waals surface area contributed by atoms with Gasteiger partial charge in [-0.25, -0.2) is 8.42 Å². The fraction of sp³-hybridized carbons (Fsp3) is 0.480. The smallest absolute Gasteiger partial charge is 0.243 e. The second-order valence-electron chi connectivity index (χ2n) is 8.88. The van der Waals surface area contributed by atoms with Gasteiger partial charge in [0.25, 0.3) is 0 Å². The lowest BCUT2D eigenvalue weighted by Gasteiger charge is -2.37. The second kappa shape index (κ2) is 10.5. The van der Waals surface area contributed by atoms with Gasteiger partial charge in [-0.3, -0.25) is 4.79 Å². The van der Waals surface area contributed by atoms with Crippen molar-refractivity contribution in [1.82, 2.24) is 9.21 Å². The van der Waals surface area contributed by atoms with Crippen molar-refractivity contribution >= 4 is 33.2 Å². The number of halogens is 1. The van der Waals surface area contributed by atoms with E-state index in [4.69, 9.17) is 16.3 Å². The minimum Gasteiger partial charge on any atom is -0.496 e. The molecule has 0 aromatic heterocycles. The third-order valence-corrected chi connectivity index (χ3v) is 8.84. The highest BCUT2D eigenvalue weighted by atomic mass is 35.5. The molecule has 0 radical (unpaired) electrons. The molecule has 2 aromatic carbocycles. The number of amides is 1. The maximum absolute atomic E-state index is 13.0. The summed E-state index contributed by atoms with van der Waals surface area (Å²) in [5.41, 5.74) is 3.02. The summed E-state index contributed by atoms with van der Waals surface area (Å²) in [6.07, 6.45) is 2.51. The molecular weight excluding hydrogens is 474 g/mol. The van der Waals surface area contributed by atoms with Crippen molar-refractivity contribution in [2.24, 2.45) is 0 Å². The second-order valence-corrected chi connectivity index (χ2v) is 11.3. The zero-order valence-electron chi connectivity index (χ0n) is 19.8. The molecule has 2 heterocycles. The number of rotatable bonds is 7. The largest absolute Gasteiger partial charge is 0.496 e. The fourth-order valence-electron chi connectivity index (χ4n) is 4.71. The number of ether oxygens (including phenoxy) is 1. The van der Waals surface area contributed by atoms with Crippen molar-refractivity contribution in [3.8, 4) is 5.75 Å². The molecule has 2 aliphatic rings. The average molecular weight is 506 g/mol. The van der Waals surface area contributed by atoms with Crippen LogP contribution in [0.3, 0.4) is 0 Å². The van der Waals surface area contributed by atoms with E-state index in [9.17, 15) is 13.2 Å². The maximum atomic E-state index is 13.0. The van der Waals surface area contributed by atoms with E-state index in [1.165, 1.54) is 9.87 Å². The van der Waals surface area contributed by atoms with Crippen molar-refractivity contribution < 1.29 is 17.9 Å². The predicted molar refractivity (Wildman–Crippen MR) is 134 cm³/mol. The number of piperazine rings is 1. The van der Waals surface area contributed by atoms with Crippen LogP contribution in [0, 0.1) is 6.92 Å². The number of carbonyl (C=O) groups is 1. The van der Waals surface area contributed by atoms with Gasteiger partial charge in [-0.1, -0.05) is 17.7 Å². The van der Waals surface area contributed by atoms with E-state index in [-0.39, 0.29) is 10.8 Å². The maximum Gasteiger partial charge on any atom is 0.243 e. The summed E-state index contributed by atoms with van der Waals surface area (Å²) in [6.45, 7) is 5.97. The van der Waals surface area contributed by atoms with Crippen LogP contribution in [0.25, 0.3) is 0 Å². The first-order valence-electron chi connectivity index (χ1n) is 11.8. The van der Waals surface area contributed by atoms with Crippen LogP contribution in [0.15, 0.2) is 41.3 Å². The standard InChI is InChI=1S/C25H32ClN3O4S/c1-19-5-7-21(26)18-23(19)27-13-15-28(16-14-27)25(30)10-6-20-17-22(8-9-24(20)33-2)34(31,32)29-11-3-4-12-29/h5,7-9,17-18H,3-4,6,10-16H2,1-2H3. The van der Waals surface area contributed by atoms with Gasteiger partial charge in [0.15, 0.2) is 0 Å². The van der Waals surface area contributed by atoms with Crippen molar-refractivity contribution in [3.63, 3.8) is 0 Å². The topological polar surface area (TPSA) is 70.2 Å². The molecule has 7 nitrogen and oxygen atoms in total. The van der Waals surface area contributed by atoms with Gasteiger partial charge < -0.3 is 14.5 Å². The number of methoxy groups -OCH3 is 1. The normalized spacial score (nSPS) is 17.3. The average Bonchev–Trinajstić information content (AvgIpc) is 3.40. The van der Waals surface area contributed by atoms with E-state index in [2.05, 4.69) is 11.8 Å². The summed E-state index contributed by atoms with van der Waals surface area (Å²) in [7, 11) is -1.96. The molecule has 2 fully saturated rings. The first kappa shape index (κ1) is 24.8. The van der Waals surface area contributed by atoms with Gasteiger partial charge >= 0.3 is 0 Å². The van der Waals surface area contributed by atoms with Gasteiger partial charge in [0.2, 0.25) is 15.9 Å². The van der Waals surface area contributed by atoms with E-state index in [1.54, 1.807) is 25.3 Å². The van der Waals surface area contributed by atoms with Crippen molar-refractivity contribution in [2.75, 3.05) is 51.3 Å². The van der Waals surface area contributed by atoms with Gasteiger partial charge in [-0.2, -0.15) is 4.31 Å². The molecule has 4 rings (SSSR count). The lowest BCUT2D eigenvalue weighted by atomic mass is 10.1. The van der Waals surface area contributed by atoms with Crippen molar-refractivity contribution in [3.05, 3.63) is 52.5 Å². The fourth-order valence-corrected chi connectivity index (χ4v) is 6.44. The summed E-state index contributed by atoms with van der Waals surface area (Å²) >= 11 is 6.17. The molecular formula is C25H32ClN3O4S. The van der Waals surface area contributed by atoms with Gasteiger partial charge in [0.05, 0.1) is 12.0 Å². The highest BCUT2D eigenvalue weighted by Crippen LogP contribution is 2.28. The molecule has 0 atom stereocenters. The Morgan fingerprint density at radius 2 is 1.71 bits per heavy atom. The highest BCUT2D eigenvalue weighted by molar-refractivity contribution is 7.89. The summed E-state index contributed by atoms with van der Waals surface area (Å²) in [4.78, 5) is 17.4. The molecule has 2 saturated heterocycles. The highest BCUT2D eigenvalue weighted by Gasteiger charge is 2.28. The van der Waals surface area contributed by atoms with Crippen LogP contribution in [0.1, 0.15) is 30.4 Å². The van der Waals surface area contributed by atoms with Crippen LogP contribution in [0.4, 0.5) is 5.69 Å². The zero-order chi connectivity index (χ0) is 24.3. The first-order chi connectivity index (χ1) is 16.3. The number of hydrogen-bond acceptors (Lipinski definition) is 5. The lowest BCUT2D eigenvalue weighted by molar-refractivity contribution is -0.131. The van der Waals surface area contributed by atoms with Crippen LogP contribution in [-0.2, 0) is 21.2 Å². The van der Waals surface area contributed by atoms with E-state index in [0.29, 0.717) is 49.8 Å². The van der Waals surface area contributed by atoms with E-state index >= 15 is 0 Å². The Hall–Kier alpha value is -2.29. The zero-order valence-corrected chi connectivity index (χ0v) is 21.4. The third-order valence-electron chi connectivity index (χ3n) is 6.71. The summed E-state index contributed by atoms with van der Waals surface area (Å²) in [5.74, 6) is 0.673. The molecule has 0 unspecified atom stereocenters. The molecule has 9 heteroatoms. The Morgan fingerprint density at radius 1 is 1.00 bits per heavy atom. The summed E-state index contributed by atoms with van der Waals surface area (Å²) in [6, 6.07) is 10.8. The molecule has 2 aliphatic heterocycles. The molecule has 2 aromatic rings. The number of aryl methyl sites for hydroxylation is 2. The Kier molecular flexibility index (Phi) is 7.70. The van der Waals surface area contributed by atoms with Crippen LogP contribution in [0.5, 0.6) is 5.75 Å². The minimum absolute atomic E-state index is 0.0670. The van der Waals surface area contributed by atoms with Crippen LogP contribution in [0.2, 0.25) is 5.02 Å². The first-order valence-corrected chi connectivity index (χ1v) is 13.6. The number of sulfonamides is 1. The van der Waals surface area contributed by atoms with Gasteiger partial charge in [0, 0.05) is 56.4 Å². The SMILES string of the molecule is COc1ccc(S(=O)(=O)N2CCCC2)cc1CCC(=O)N1CCN(c2cc(Cl)ccc2C)CC1. The molecule has 0 spiro atoms. The molecule has 0 N–H and O–H groups in total. The number of nitrogens with zero attached hydrogens (tertiary/aromatic N) is 3. The van der Waals surface area contributed by atoms with Gasteiger partial charge in [0.1, 0.15) is 5.75 Å². The van der Waals surface area contributed by atoms with Crippen LogP contribution in [-0.4, -0.2) is 69.9 Å². The van der Waals surface area contributed by atoms with Crippen LogP contribution < -0.4 is 9.64 Å². The number of hydrogen-bond donors (Lipinski definition) is 0. The Balaban J connectivity index is 1.38. The number of benzene rings is 2. The van der Waals surface area contributed by atoms with E-state index in [1.807, 2.05) is 23.1 Å². The van der Waals surface area contributed by atoms with E-state index in [0.717, 1.165) is 37.2 Å². The third kappa shape index (κ3) is 5.34. The Morgan fingerprint density at radius 3 is 2.38 bits per heavy atom. The van der Waals surface area contributed by atoms with Gasteiger partial charge in [-0.05, 0) is 67.6 Å². The van der Waals surface area contributed by atoms with Crippen LogP contribution >= 0.6 is 11.6 Å². The van der Waals surface area contributed by atoms with Crippen molar-refractivity contribution in [1.29, 1.82) is 0 Å². The molecule has 1 amide bonds. The molecule has 0 aliphatic carbocycles. The molecule has 184 valence electrons. The van der Waals surface area contributed by atoms with Gasteiger partial charge in [-0.15, -0.1) is 0 Å². The summed E-state index contributed by atoms with van der Waals surface area (Å²) in [5, 5.41) is 0.710. The van der Waals surface area contributed by atoms with E-state index < -0.39 is 10.0 Å². The number of anilines is 1. The Labute approximate surface area is 207 Å². The quantitative estimate of drug-likeness (QED) is 0.573.